The van der Waals surface area contributed by atoms with Crippen LogP contribution in [0.25, 0.3) is 0 Å². The first-order valence-corrected chi connectivity index (χ1v) is 6.40. The van der Waals surface area contributed by atoms with Crippen molar-refractivity contribution < 1.29 is 9.90 Å². The minimum Gasteiger partial charge on any atom is -0.480 e. The maximum Gasteiger partial charge on any atom is 0.326 e. The molecule has 1 aromatic heterocycles. The molecule has 0 aliphatic heterocycles. The van der Waals surface area contributed by atoms with E-state index in [2.05, 4.69) is 15.3 Å². The summed E-state index contributed by atoms with van der Waals surface area (Å²) in [5, 5.41) is 12.1. The van der Waals surface area contributed by atoms with Gasteiger partial charge < -0.3 is 10.4 Å². The first kappa shape index (κ1) is 14.4. The molecular formula is C13H21N3O2. The van der Waals surface area contributed by atoms with Crippen LogP contribution in [0.3, 0.4) is 0 Å². The maximum absolute atomic E-state index is 11.1. The summed E-state index contributed by atoms with van der Waals surface area (Å²) >= 11 is 0. The highest BCUT2D eigenvalue weighted by Gasteiger charge is 2.17. The molecule has 0 aliphatic rings. The Bertz CT molecular complexity index is 407. The third-order valence-corrected chi connectivity index (χ3v) is 2.72. The monoisotopic (exact) mass is 251 g/mol. The Morgan fingerprint density at radius 1 is 1.44 bits per heavy atom. The fraction of sp³-hybridized carbons (Fsp3) is 0.615. The molecule has 0 fully saturated rings. The number of hydrogen-bond acceptors (Lipinski definition) is 4. The van der Waals surface area contributed by atoms with E-state index in [0.717, 1.165) is 25.0 Å². The predicted molar refractivity (Wildman–Crippen MR) is 70.7 cm³/mol. The van der Waals surface area contributed by atoms with Gasteiger partial charge in [0.05, 0.1) is 0 Å². The van der Waals surface area contributed by atoms with E-state index in [9.17, 15) is 4.79 Å². The number of nitrogens with zero attached hydrogens (tertiary/aromatic N) is 2. The maximum atomic E-state index is 11.1. The lowest BCUT2D eigenvalue weighted by Crippen LogP contribution is -2.29. The van der Waals surface area contributed by atoms with E-state index in [1.54, 1.807) is 0 Å². The van der Waals surface area contributed by atoms with E-state index in [4.69, 9.17) is 5.11 Å². The molecule has 1 aromatic rings. The normalized spacial score (nSPS) is 12.2. The molecule has 0 saturated carbocycles. The van der Waals surface area contributed by atoms with Crippen LogP contribution in [0.5, 0.6) is 0 Å². The molecule has 100 valence electrons. The zero-order valence-corrected chi connectivity index (χ0v) is 11.2. The SMILES string of the molecule is CCCCC(Nc1cc(CC)nc(C)n1)C(=O)O. The standard InChI is InChI=1S/C13H21N3O2/c1-4-6-7-11(13(17)18)16-12-8-10(5-2)14-9(3)15-12/h8,11H,4-7H2,1-3H3,(H,17,18)(H,14,15,16). The number of carboxylic acid groups (broad SMARTS) is 1. The number of rotatable bonds is 7. The first-order valence-electron chi connectivity index (χ1n) is 6.40. The summed E-state index contributed by atoms with van der Waals surface area (Å²) in [6.07, 6.45) is 3.28. The molecule has 1 atom stereocenters. The Morgan fingerprint density at radius 2 is 2.17 bits per heavy atom. The fourth-order valence-electron chi connectivity index (χ4n) is 1.73. The molecule has 0 amide bonds. The Morgan fingerprint density at radius 3 is 2.72 bits per heavy atom. The van der Waals surface area contributed by atoms with Crippen LogP contribution < -0.4 is 5.32 Å². The second-order valence-corrected chi connectivity index (χ2v) is 4.32. The Balaban J connectivity index is 2.79. The number of nitrogens with one attached hydrogen (secondary N) is 1. The highest BCUT2D eigenvalue weighted by atomic mass is 16.4. The second-order valence-electron chi connectivity index (χ2n) is 4.32. The molecule has 5 nitrogen and oxygen atoms in total. The van der Waals surface area contributed by atoms with Crippen molar-refractivity contribution in [1.82, 2.24) is 9.97 Å². The van der Waals surface area contributed by atoms with Crippen molar-refractivity contribution in [3.63, 3.8) is 0 Å². The van der Waals surface area contributed by atoms with Crippen molar-refractivity contribution in [2.45, 2.75) is 52.5 Å². The van der Waals surface area contributed by atoms with E-state index in [-0.39, 0.29) is 0 Å². The molecule has 0 saturated heterocycles. The molecule has 0 bridgehead atoms. The zero-order chi connectivity index (χ0) is 13.5. The smallest absolute Gasteiger partial charge is 0.326 e. The van der Waals surface area contributed by atoms with Gasteiger partial charge in [-0.3, -0.25) is 0 Å². The van der Waals surface area contributed by atoms with Crippen molar-refractivity contribution in [2.24, 2.45) is 0 Å². The van der Waals surface area contributed by atoms with Crippen LogP contribution >= 0.6 is 0 Å². The molecule has 0 radical (unpaired) electrons. The van der Waals surface area contributed by atoms with Gasteiger partial charge in [0.1, 0.15) is 17.7 Å². The zero-order valence-electron chi connectivity index (χ0n) is 11.2. The third-order valence-electron chi connectivity index (χ3n) is 2.72. The predicted octanol–water partition coefficient (Wildman–Crippen LogP) is 2.40. The number of aliphatic carboxylic acids is 1. The minimum absolute atomic E-state index is 0.580. The van der Waals surface area contributed by atoms with Gasteiger partial charge in [0.2, 0.25) is 0 Å². The van der Waals surface area contributed by atoms with Crippen LogP contribution in [0.1, 0.15) is 44.6 Å². The number of aryl methyl sites for hydroxylation is 2. The van der Waals surface area contributed by atoms with Gasteiger partial charge in [0.15, 0.2) is 0 Å². The van der Waals surface area contributed by atoms with Gasteiger partial charge in [0.25, 0.3) is 0 Å². The molecule has 0 aromatic carbocycles. The highest BCUT2D eigenvalue weighted by Crippen LogP contribution is 2.12. The molecule has 0 aliphatic carbocycles. The summed E-state index contributed by atoms with van der Waals surface area (Å²) in [7, 11) is 0. The van der Waals surface area contributed by atoms with Crippen molar-refractivity contribution in [3.05, 3.63) is 17.6 Å². The van der Waals surface area contributed by atoms with E-state index in [1.165, 1.54) is 0 Å². The summed E-state index contributed by atoms with van der Waals surface area (Å²) in [5.74, 6) is 0.428. The number of carbonyl (C=O) groups is 1. The van der Waals surface area contributed by atoms with Gasteiger partial charge in [-0.25, -0.2) is 14.8 Å². The van der Waals surface area contributed by atoms with Crippen molar-refractivity contribution >= 4 is 11.8 Å². The Hall–Kier alpha value is -1.65. The molecule has 5 heteroatoms. The number of carboxylic acids is 1. The average Bonchev–Trinajstić information content (AvgIpc) is 2.33. The van der Waals surface area contributed by atoms with E-state index in [1.807, 2.05) is 26.8 Å². The summed E-state index contributed by atoms with van der Waals surface area (Å²) in [6.45, 7) is 5.87. The molecule has 1 rings (SSSR count). The largest absolute Gasteiger partial charge is 0.480 e. The number of unbranched alkanes of at least 4 members (excludes halogenated alkanes) is 1. The summed E-state index contributed by atoms with van der Waals surface area (Å²) in [4.78, 5) is 19.6. The van der Waals surface area contributed by atoms with Crippen molar-refractivity contribution in [2.75, 3.05) is 5.32 Å². The number of hydrogen-bond donors (Lipinski definition) is 2. The third kappa shape index (κ3) is 4.31. The van der Waals surface area contributed by atoms with Gasteiger partial charge in [0, 0.05) is 11.8 Å². The quantitative estimate of drug-likeness (QED) is 0.778. The lowest BCUT2D eigenvalue weighted by Gasteiger charge is -2.15. The molecular weight excluding hydrogens is 230 g/mol. The Labute approximate surface area is 108 Å². The highest BCUT2D eigenvalue weighted by molar-refractivity contribution is 5.76. The van der Waals surface area contributed by atoms with Crippen LogP contribution in [0.2, 0.25) is 0 Å². The summed E-state index contributed by atoms with van der Waals surface area (Å²) in [5.41, 5.74) is 0.921. The van der Waals surface area contributed by atoms with E-state index >= 15 is 0 Å². The van der Waals surface area contributed by atoms with Crippen LogP contribution in [0.15, 0.2) is 6.07 Å². The second kappa shape index (κ2) is 6.93. The van der Waals surface area contributed by atoms with E-state index in [0.29, 0.717) is 18.1 Å². The van der Waals surface area contributed by atoms with Gasteiger partial charge in [-0.1, -0.05) is 26.7 Å². The summed E-state index contributed by atoms with van der Waals surface area (Å²) < 4.78 is 0. The van der Waals surface area contributed by atoms with Crippen LogP contribution in [-0.4, -0.2) is 27.1 Å². The minimum atomic E-state index is -0.835. The van der Waals surface area contributed by atoms with Crippen LogP contribution in [0.4, 0.5) is 5.82 Å². The number of aromatic nitrogens is 2. The van der Waals surface area contributed by atoms with Crippen LogP contribution in [0, 0.1) is 6.92 Å². The summed E-state index contributed by atoms with van der Waals surface area (Å²) in [6, 6.07) is 1.23. The van der Waals surface area contributed by atoms with Gasteiger partial charge in [-0.05, 0) is 19.8 Å². The fourth-order valence-corrected chi connectivity index (χ4v) is 1.73. The Kier molecular flexibility index (Phi) is 5.55. The van der Waals surface area contributed by atoms with E-state index < -0.39 is 12.0 Å². The molecule has 0 spiro atoms. The van der Waals surface area contributed by atoms with Gasteiger partial charge >= 0.3 is 5.97 Å². The van der Waals surface area contributed by atoms with Crippen LogP contribution in [-0.2, 0) is 11.2 Å². The van der Waals surface area contributed by atoms with Gasteiger partial charge in [-0.2, -0.15) is 0 Å². The molecule has 2 N–H and O–H groups in total. The molecule has 1 heterocycles. The topological polar surface area (TPSA) is 75.1 Å². The molecule has 18 heavy (non-hydrogen) atoms. The average molecular weight is 251 g/mol. The number of anilines is 1. The molecule has 1 unspecified atom stereocenters. The first-order chi connectivity index (χ1) is 8.56. The lowest BCUT2D eigenvalue weighted by molar-refractivity contribution is -0.138. The van der Waals surface area contributed by atoms with Crippen molar-refractivity contribution in [3.8, 4) is 0 Å². The lowest BCUT2D eigenvalue weighted by atomic mass is 10.1. The van der Waals surface area contributed by atoms with Crippen molar-refractivity contribution in [1.29, 1.82) is 0 Å². The van der Waals surface area contributed by atoms with Gasteiger partial charge in [-0.15, -0.1) is 0 Å².